The minimum atomic E-state index is -0.361. The van der Waals surface area contributed by atoms with E-state index in [1.807, 2.05) is 6.07 Å². The number of ether oxygens (including phenoxy) is 1. The van der Waals surface area contributed by atoms with E-state index in [1.54, 1.807) is 0 Å². The zero-order valence-electron chi connectivity index (χ0n) is 20.8. The van der Waals surface area contributed by atoms with Gasteiger partial charge >= 0.3 is 7.12 Å². The van der Waals surface area contributed by atoms with Crippen LogP contribution in [-0.2, 0) is 9.31 Å². The van der Waals surface area contributed by atoms with Gasteiger partial charge in [0.2, 0.25) is 0 Å². The van der Waals surface area contributed by atoms with E-state index in [0.29, 0.717) is 0 Å². The van der Waals surface area contributed by atoms with Crippen molar-refractivity contribution in [2.75, 3.05) is 4.90 Å². The summed E-state index contributed by atoms with van der Waals surface area (Å²) >= 11 is 0. The highest BCUT2D eigenvalue weighted by molar-refractivity contribution is 6.62. The molecule has 0 spiro atoms. The van der Waals surface area contributed by atoms with Crippen molar-refractivity contribution in [1.29, 1.82) is 0 Å². The van der Waals surface area contributed by atoms with Gasteiger partial charge in [-0.2, -0.15) is 0 Å². The Balaban J connectivity index is 1.30. The molecule has 4 aliphatic rings. The van der Waals surface area contributed by atoms with E-state index >= 15 is 0 Å². The van der Waals surface area contributed by atoms with Gasteiger partial charge in [0.25, 0.3) is 0 Å². The van der Waals surface area contributed by atoms with Crippen LogP contribution in [0, 0.1) is 0 Å². The monoisotopic (exact) mass is 465 g/mol. The molecule has 3 unspecified atom stereocenters. The van der Waals surface area contributed by atoms with Crippen LogP contribution >= 0.6 is 0 Å². The van der Waals surface area contributed by atoms with Crippen LogP contribution in [0.25, 0.3) is 0 Å². The molecule has 3 atom stereocenters. The Kier molecular flexibility index (Phi) is 5.31. The molecule has 6 rings (SSSR count). The third-order valence-electron chi connectivity index (χ3n) is 7.97. The topological polar surface area (TPSA) is 30.9 Å². The molecule has 2 aliphatic carbocycles. The molecule has 0 amide bonds. The number of nitrogens with zero attached hydrogens (tertiary/aromatic N) is 1. The number of para-hydroxylation sites is 1. The van der Waals surface area contributed by atoms with Crippen molar-refractivity contribution >= 4 is 18.3 Å². The number of allylic oxidation sites excluding steroid dienone is 3. The molecule has 4 nitrogen and oxygen atoms in total. The molecule has 2 heterocycles. The third-order valence-corrected chi connectivity index (χ3v) is 7.97. The van der Waals surface area contributed by atoms with Crippen LogP contribution in [-0.4, -0.2) is 30.5 Å². The van der Waals surface area contributed by atoms with Gasteiger partial charge in [0.1, 0.15) is 11.9 Å². The fraction of sp³-hybridized carbons (Fsp3) is 0.333. The van der Waals surface area contributed by atoms with Crippen molar-refractivity contribution in [2.45, 2.75) is 63.4 Å². The summed E-state index contributed by atoms with van der Waals surface area (Å²) in [5, 5.41) is 0. The van der Waals surface area contributed by atoms with Crippen LogP contribution in [0.4, 0.5) is 5.69 Å². The highest BCUT2D eigenvalue weighted by atomic mass is 16.7. The van der Waals surface area contributed by atoms with E-state index in [4.69, 9.17) is 14.0 Å². The van der Waals surface area contributed by atoms with E-state index in [0.717, 1.165) is 29.0 Å². The van der Waals surface area contributed by atoms with Gasteiger partial charge in [-0.25, -0.2) is 0 Å². The second-order valence-electron chi connectivity index (χ2n) is 10.8. The lowest BCUT2D eigenvalue weighted by Crippen LogP contribution is -2.41. The average molecular weight is 465 g/mol. The molecule has 2 aromatic rings. The van der Waals surface area contributed by atoms with Gasteiger partial charge in [0, 0.05) is 22.9 Å². The molecule has 2 aliphatic heterocycles. The van der Waals surface area contributed by atoms with Crippen molar-refractivity contribution in [3.63, 3.8) is 0 Å². The first-order valence-corrected chi connectivity index (χ1v) is 12.6. The zero-order chi connectivity index (χ0) is 24.2. The molecule has 35 heavy (non-hydrogen) atoms. The summed E-state index contributed by atoms with van der Waals surface area (Å²) < 4.78 is 18.9. The molecule has 5 heteroatoms. The summed E-state index contributed by atoms with van der Waals surface area (Å²) in [7, 11) is -0.361. The molecule has 0 N–H and O–H groups in total. The highest BCUT2D eigenvalue weighted by Gasteiger charge is 2.51. The standard InChI is InChI=1S/C30H32BNO3/c1-29(2)30(3,4)35-31(34-29)21-14-16-23(17-15-21)32(22-10-6-5-7-11-22)24-18-19-26-25-12-8-9-13-27(25)33-28(26)20-24/h5-10,12-20,22,26,28H,11H2,1-4H3. The predicted octanol–water partition coefficient (Wildman–Crippen LogP) is 5.68. The van der Waals surface area contributed by atoms with E-state index in [-0.39, 0.29) is 36.4 Å². The molecular weight excluding hydrogens is 433 g/mol. The predicted molar refractivity (Wildman–Crippen MR) is 142 cm³/mol. The summed E-state index contributed by atoms with van der Waals surface area (Å²) in [6.45, 7) is 8.35. The summed E-state index contributed by atoms with van der Waals surface area (Å²) in [6.07, 6.45) is 16.5. The molecule has 2 aromatic carbocycles. The van der Waals surface area contributed by atoms with Gasteiger partial charge in [0.15, 0.2) is 0 Å². The highest BCUT2D eigenvalue weighted by Crippen LogP contribution is 2.43. The van der Waals surface area contributed by atoms with Gasteiger partial charge in [-0.05, 0) is 69.9 Å². The first-order chi connectivity index (χ1) is 16.8. The second-order valence-corrected chi connectivity index (χ2v) is 10.8. The van der Waals surface area contributed by atoms with Crippen molar-refractivity contribution in [3.8, 4) is 5.75 Å². The van der Waals surface area contributed by atoms with Gasteiger partial charge < -0.3 is 18.9 Å². The van der Waals surface area contributed by atoms with Gasteiger partial charge in [-0.15, -0.1) is 0 Å². The number of hydrogen-bond acceptors (Lipinski definition) is 4. The summed E-state index contributed by atoms with van der Waals surface area (Å²) in [6, 6.07) is 17.2. The minimum absolute atomic E-state index is 0.0158. The van der Waals surface area contributed by atoms with E-state index in [2.05, 4.69) is 118 Å². The number of benzene rings is 2. The van der Waals surface area contributed by atoms with Crippen molar-refractivity contribution in [2.24, 2.45) is 0 Å². The largest absolute Gasteiger partial charge is 0.494 e. The summed E-state index contributed by atoms with van der Waals surface area (Å²) in [5.41, 5.74) is 3.90. The number of fused-ring (bicyclic) bond motifs is 3. The van der Waals surface area contributed by atoms with Gasteiger partial charge in [0.05, 0.1) is 17.2 Å². The molecular formula is C30H32BNO3. The lowest BCUT2D eigenvalue weighted by Gasteiger charge is -2.35. The summed E-state index contributed by atoms with van der Waals surface area (Å²) in [5.74, 6) is 1.26. The lowest BCUT2D eigenvalue weighted by molar-refractivity contribution is 0.00578. The fourth-order valence-corrected chi connectivity index (χ4v) is 5.26. The Bertz CT molecular complexity index is 1220. The Labute approximate surface area is 208 Å². The van der Waals surface area contributed by atoms with E-state index in [1.165, 1.54) is 5.56 Å². The van der Waals surface area contributed by atoms with E-state index in [9.17, 15) is 0 Å². The maximum atomic E-state index is 6.32. The number of anilines is 1. The van der Waals surface area contributed by atoms with Crippen molar-refractivity contribution in [1.82, 2.24) is 0 Å². The fourth-order valence-electron chi connectivity index (χ4n) is 5.26. The molecule has 0 radical (unpaired) electrons. The normalized spacial score (nSPS) is 27.3. The Hall–Kier alpha value is -3.02. The van der Waals surface area contributed by atoms with Crippen molar-refractivity contribution < 1.29 is 14.0 Å². The first kappa shape index (κ1) is 22.4. The summed E-state index contributed by atoms with van der Waals surface area (Å²) in [4.78, 5) is 2.41. The zero-order valence-corrected chi connectivity index (χ0v) is 20.8. The molecule has 1 saturated heterocycles. The van der Waals surface area contributed by atoms with Crippen LogP contribution in [0.15, 0.2) is 96.8 Å². The smallest absolute Gasteiger partial charge is 0.485 e. The van der Waals surface area contributed by atoms with Gasteiger partial charge in [-0.1, -0.05) is 60.7 Å². The van der Waals surface area contributed by atoms with Crippen LogP contribution in [0.3, 0.4) is 0 Å². The van der Waals surface area contributed by atoms with Crippen LogP contribution < -0.4 is 15.1 Å². The average Bonchev–Trinajstić information content (AvgIpc) is 3.33. The number of hydrogen-bond donors (Lipinski definition) is 0. The quantitative estimate of drug-likeness (QED) is 0.544. The minimum Gasteiger partial charge on any atom is -0.485 e. The van der Waals surface area contributed by atoms with Crippen LogP contribution in [0.2, 0.25) is 0 Å². The molecule has 0 bridgehead atoms. The Morgan fingerprint density at radius 3 is 2.34 bits per heavy atom. The van der Waals surface area contributed by atoms with Crippen molar-refractivity contribution in [3.05, 3.63) is 102 Å². The van der Waals surface area contributed by atoms with E-state index < -0.39 is 0 Å². The van der Waals surface area contributed by atoms with Crippen LogP contribution in [0.5, 0.6) is 5.75 Å². The Morgan fingerprint density at radius 1 is 0.886 bits per heavy atom. The molecule has 1 fully saturated rings. The van der Waals surface area contributed by atoms with Gasteiger partial charge in [-0.3, -0.25) is 0 Å². The third kappa shape index (κ3) is 3.87. The maximum Gasteiger partial charge on any atom is 0.494 e. The maximum absolute atomic E-state index is 6.32. The molecule has 0 aromatic heterocycles. The van der Waals surface area contributed by atoms with Crippen LogP contribution in [0.1, 0.15) is 45.6 Å². The number of rotatable bonds is 4. The Morgan fingerprint density at radius 2 is 1.63 bits per heavy atom. The second kappa shape index (κ2) is 8.29. The molecule has 178 valence electrons. The SMILES string of the molecule is CC1(C)OB(c2ccc(N(C3=CC4Oc5ccccc5C4C=C3)C3C=CC=CC3)cc2)OC1(C)C. The molecule has 0 saturated carbocycles. The lowest BCUT2D eigenvalue weighted by atomic mass is 9.79. The first-order valence-electron chi connectivity index (χ1n) is 12.6.